The molecule has 1 aliphatic heterocycles. The van der Waals surface area contributed by atoms with Gasteiger partial charge < -0.3 is 9.80 Å². The molecule has 1 aliphatic rings. The minimum Gasteiger partial charge on any atom is -0.335 e. The van der Waals surface area contributed by atoms with E-state index in [1.807, 2.05) is 53.4 Å². The summed E-state index contributed by atoms with van der Waals surface area (Å²) in [7, 11) is 2.07. The van der Waals surface area contributed by atoms with Crippen molar-refractivity contribution >= 4 is 23.0 Å². The van der Waals surface area contributed by atoms with Gasteiger partial charge in [0.2, 0.25) is 0 Å². The van der Waals surface area contributed by atoms with Gasteiger partial charge in [0.1, 0.15) is 5.69 Å². The van der Waals surface area contributed by atoms with Crippen LogP contribution in [0.25, 0.3) is 21.9 Å². The van der Waals surface area contributed by atoms with Gasteiger partial charge in [0.05, 0.1) is 0 Å². The largest absolute Gasteiger partial charge is 0.335 e. The molecule has 1 aromatic heterocycles. The number of aldehydes is 1. The fourth-order valence-electron chi connectivity index (χ4n) is 3.49. The molecule has 0 aliphatic carbocycles. The molecular formula is C22H21N3O2. The van der Waals surface area contributed by atoms with Gasteiger partial charge in [-0.1, -0.05) is 30.3 Å². The number of carbonyl (C=O) groups excluding carboxylic acids is 2. The van der Waals surface area contributed by atoms with E-state index < -0.39 is 0 Å². The van der Waals surface area contributed by atoms with Crippen LogP contribution in [0, 0.1) is 0 Å². The Morgan fingerprint density at radius 2 is 1.78 bits per heavy atom. The quantitative estimate of drug-likeness (QED) is 0.675. The van der Waals surface area contributed by atoms with Gasteiger partial charge in [-0.05, 0) is 47.1 Å². The van der Waals surface area contributed by atoms with Crippen molar-refractivity contribution in [3.05, 3.63) is 66.0 Å². The molecule has 136 valence electrons. The predicted molar refractivity (Wildman–Crippen MR) is 106 cm³/mol. The number of likely N-dealkylation sites (N-methyl/N-ethyl adjacent to an activating group) is 1. The number of hydrogen-bond donors (Lipinski definition) is 0. The van der Waals surface area contributed by atoms with E-state index in [0.717, 1.165) is 54.4 Å². The Morgan fingerprint density at radius 3 is 2.56 bits per heavy atom. The zero-order valence-electron chi connectivity index (χ0n) is 15.3. The number of hydrogen-bond acceptors (Lipinski definition) is 4. The van der Waals surface area contributed by atoms with Crippen LogP contribution in [-0.2, 0) is 0 Å². The van der Waals surface area contributed by atoms with Crippen LogP contribution < -0.4 is 0 Å². The lowest BCUT2D eigenvalue weighted by Gasteiger charge is -2.32. The lowest BCUT2D eigenvalue weighted by Crippen LogP contribution is -2.47. The molecule has 5 heteroatoms. The number of piperazine rings is 1. The number of rotatable bonds is 3. The average Bonchev–Trinajstić information content (AvgIpc) is 2.73. The summed E-state index contributed by atoms with van der Waals surface area (Å²) < 4.78 is 0. The molecule has 1 fully saturated rings. The van der Waals surface area contributed by atoms with Crippen molar-refractivity contribution in [1.29, 1.82) is 0 Å². The number of aromatic nitrogens is 1. The maximum Gasteiger partial charge on any atom is 0.272 e. The summed E-state index contributed by atoms with van der Waals surface area (Å²) in [5.74, 6) is -0.0195. The monoisotopic (exact) mass is 359 g/mol. The van der Waals surface area contributed by atoms with Crippen LogP contribution in [0.15, 0.2) is 54.7 Å². The van der Waals surface area contributed by atoms with Crippen molar-refractivity contribution in [2.75, 3.05) is 33.2 Å². The van der Waals surface area contributed by atoms with Gasteiger partial charge >= 0.3 is 0 Å². The van der Waals surface area contributed by atoms with Crippen molar-refractivity contribution in [2.24, 2.45) is 0 Å². The average molecular weight is 359 g/mol. The smallest absolute Gasteiger partial charge is 0.272 e. The number of carbonyl (C=O) groups is 2. The number of benzene rings is 2. The van der Waals surface area contributed by atoms with E-state index in [2.05, 4.69) is 16.9 Å². The van der Waals surface area contributed by atoms with E-state index in [-0.39, 0.29) is 5.91 Å². The minimum absolute atomic E-state index is 0.0195. The van der Waals surface area contributed by atoms with E-state index in [9.17, 15) is 9.59 Å². The molecule has 1 amide bonds. The van der Waals surface area contributed by atoms with Crippen molar-refractivity contribution in [3.63, 3.8) is 0 Å². The van der Waals surface area contributed by atoms with Gasteiger partial charge in [0.15, 0.2) is 6.29 Å². The second-order valence-electron chi connectivity index (χ2n) is 6.93. The fourth-order valence-corrected chi connectivity index (χ4v) is 3.49. The Balaban J connectivity index is 1.65. The first-order valence-corrected chi connectivity index (χ1v) is 9.08. The highest BCUT2D eigenvalue weighted by Gasteiger charge is 2.21. The van der Waals surface area contributed by atoms with Crippen molar-refractivity contribution in [3.8, 4) is 11.1 Å². The second-order valence-corrected chi connectivity index (χ2v) is 6.93. The standard InChI is InChI=1S/C22H21N3O2/c1-24-9-11-25(12-10-24)22(27)21-14-17(7-8-23-21)16-5-6-20-18(13-16)3-2-4-19(20)15-26/h2-8,13-15H,9-12H2,1H3. The summed E-state index contributed by atoms with van der Waals surface area (Å²) in [6.07, 6.45) is 2.56. The Morgan fingerprint density at radius 1 is 1.00 bits per heavy atom. The Bertz CT molecular complexity index is 1010. The molecule has 5 nitrogen and oxygen atoms in total. The number of pyridine rings is 1. The normalized spacial score (nSPS) is 15.1. The molecule has 0 bridgehead atoms. The van der Waals surface area contributed by atoms with E-state index in [1.165, 1.54) is 0 Å². The van der Waals surface area contributed by atoms with Gasteiger partial charge in [0.25, 0.3) is 5.91 Å². The molecule has 4 rings (SSSR count). The molecule has 0 spiro atoms. The topological polar surface area (TPSA) is 53.5 Å². The van der Waals surface area contributed by atoms with Crippen molar-refractivity contribution in [1.82, 2.24) is 14.8 Å². The zero-order valence-corrected chi connectivity index (χ0v) is 15.3. The predicted octanol–water partition coefficient (Wildman–Crippen LogP) is 3.10. The van der Waals surface area contributed by atoms with Crippen LogP contribution in [0.3, 0.4) is 0 Å². The highest BCUT2D eigenvalue weighted by molar-refractivity contribution is 6.00. The van der Waals surface area contributed by atoms with E-state index >= 15 is 0 Å². The molecule has 27 heavy (non-hydrogen) atoms. The summed E-state index contributed by atoms with van der Waals surface area (Å²) in [6.45, 7) is 3.22. The minimum atomic E-state index is -0.0195. The third-order valence-electron chi connectivity index (χ3n) is 5.14. The lowest BCUT2D eigenvalue weighted by atomic mass is 9.99. The maximum atomic E-state index is 12.8. The van der Waals surface area contributed by atoms with Gasteiger partial charge in [0, 0.05) is 37.9 Å². The van der Waals surface area contributed by atoms with Gasteiger partial charge in [-0.25, -0.2) is 0 Å². The van der Waals surface area contributed by atoms with Crippen molar-refractivity contribution in [2.45, 2.75) is 0 Å². The first-order chi connectivity index (χ1) is 13.2. The van der Waals surface area contributed by atoms with Crippen LogP contribution in [0.2, 0.25) is 0 Å². The van der Waals surface area contributed by atoms with Crippen LogP contribution >= 0.6 is 0 Å². The third kappa shape index (κ3) is 3.46. The molecule has 0 atom stereocenters. The van der Waals surface area contributed by atoms with Gasteiger partial charge in [-0.15, -0.1) is 0 Å². The highest BCUT2D eigenvalue weighted by Crippen LogP contribution is 2.26. The SMILES string of the molecule is CN1CCN(C(=O)c2cc(-c3ccc4c(C=O)cccc4c3)ccn2)CC1. The molecule has 0 N–H and O–H groups in total. The first kappa shape index (κ1) is 17.4. The molecule has 0 radical (unpaired) electrons. The fraction of sp³-hybridized carbons (Fsp3) is 0.227. The third-order valence-corrected chi connectivity index (χ3v) is 5.14. The highest BCUT2D eigenvalue weighted by atomic mass is 16.2. The lowest BCUT2D eigenvalue weighted by molar-refractivity contribution is 0.0658. The maximum absolute atomic E-state index is 12.8. The summed E-state index contributed by atoms with van der Waals surface area (Å²) in [5.41, 5.74) is 3.10. The summed E-state index contributed by atoms with van der Waals surface area (Å²) >= 11 is 0. The molecular weight excluding hydrogens is 338 g/mol. The van der Waals surface area contributed by atoms with Crippen LogP contribution in [-0.4, -0.2) is 60.2 Å². The Hall–Kier alpha value is -3.05. The van der Waals surface area contributed by atoms with Crippen LogP contribution in [0.1, 0.15) is 20.8 Å². The molecule has 3 aromatic rings. The first-order valence-electron chi connectivity index (χ1n) is 9.08. The molecule has 2 heterocycles. The van der Waals surface area contributed by atoms with Gasteiger partial charge in [-0.3, -0.25) is 14.6 Å². The van der Waals surface area contributed by atoms with E-state index in [1.54, 1.807) is 6.20 Å². The number of fused-ring (bicyclic) bond motifs is 1. The molecule has 2 aromatic carbocycles. The number of nitrogens with zero attached hydrogens (tertiary/aromatic N) is 3. The molecule has 0 unspecified atom stereocenters. The second kappa shape index (κ2) is 7.29. The number of amides is 1. The van der Waals surface area contributed by atoms with Crippen LogP contribution in [0.5, 0.6) is 0 Å². The summed E-state index contributed by atoms with van der Waals surface area (Å²) in [6, 6.07) is 15.4. The van der Waals surface area contributed by atoms with Gasteiger partial charge in [-0.2, -0.15) is 0 Å². The Labute approximate surface area is 158 Å². The van der Waals surface area contributed by atoms with E-state index in [0.29, 0.717) is 11.3 Å². The zero-order chi connectivity index (χ0) is 18.8. The Kier molecular flexibility index (Phi) is 4.69. The molecule has 1 saturated heterocycles. The summed E-state index contributed by atoms with van der Waals surface area (Å²) in [5, 5.41) is 1.93. The molecule has 0 saturated carbocycles. The van der Waals surface area contributed by atoms with E-state index in [4.69, 9.17) is 0 Å². The van der Waals surface area contributed by atoms with Crippen LogP contribution in [0.4, 0.5) is 0 Å². The van der Waals surface area contributed by atoms with Crippen molar-refractivity contribution < 1.29 is 9.59 Å². The summed E-state index contributed by atoms with van der Waals surface area (Å²) in [4.78, 5) is 32.4.